The topological polar surface area (TPSA) is 26.3 Å². The first-order valence-electron chi connectivity index (χ1n) is 8.46. The average Bonchev–Trinajstić information content (AvgIpc) is 2.68. The minimum absolute atomic E-state index is 0.0364. The lowest BCUT2D eigenvalue weighted by Crippen LogP contribution is -2.17. The number of benzene rings is 1. The summed E-state index contributed by atoms with van der Waals surface area (Å²) in [4.78, 5) is 12.4. The van der Waals surface area contributed by atoms with Crippen molar-refractivity contribution < 1.29 is 9.53 Å². The lowest BCUT2D eigenvalue weighted by Gasteiger charge is -2.27. The molecule has 0 fully saturated rings. The van der Waals surface area contributed by atoms with E-state index < -0.39 is 0 Å². The third-order valence-electron chi connectivity index (χ3n) is 4.50. The fraction of sp³-hybridized carbons (Fsp3) is 0.650. The first kappa shape index (κ1) is 17.1. The second kappa shape index (κ2) is 5.72. The highest BCUT2D eigenvalue weighted by Crippen LogP contribution is 2.46. The van der Waals surface area contributed by atoms with Crippen molar-refractivity contribution in [2.24, 2.45) is 0 Å². The molecule has 0 spiro atoms. The van der Waals surface area contributed by atoms with Crippen molar-refractivity contribution in [2.45, 2.75) is 84.5 Å². The van der Waals surface area contributed by atoms with Crippen LogP contribution in [-0.2, 0) is 15.6 Å². The summed E-state index contributed by atoms with van der Waals surface area (Å²) in [6.45, 7) is 15.4. The van der Waals surface area contributed by atoms with Gasteiger partial charge in [0.1, 0.15) is 5.75 Å². The minimum atomic E-state index is -0.0849. The van der Waals surface area contributed by atoms with Crippen LogP contribution in [0.15, 0.2) is 12.1 Å². The van der Waals surface area contributed by atoms with Crippen LogP contribution < -0.4 is 4.74 Å². The molecule has 2 heteroatoms. The van der Waals surface area contributed by atoms with Crippen molar-refractivity contribution in [2.75, 3.05) is 0 Å². The smallest absolute Gasteiger partial charge is 0.318 e. The molecule has 1 aromatic rings. The second-order valence-electron chi connectivity index (χ2n) is 8.56. The Kier molecular flexibility index (Phi) is 4.43. The predicted octanol–water partition coefficient (Wildman–Crippen LogP) is 5.47. The Labute approximate surface area is 135 Å². The molecule has 1 aliphatic heterocycles. The number of unbranched alkanes of at least 4 members (excludes halogenated alkanes) is 1. The standard InChI is InChI=1S/C20H30O2/c1-8-9-10-14-15-11-13(19(2,3)4)12-16(20(5,6)7)17(15)22-18(14)21/h11-12,14H,8-10H2,1-7H3. The van der Waals surface area contributed by atoms with Gasteiger partial charge in [-0.1, -0.05) is 73.4 Å². The van der Waals surface area contributed by atoms with E-state index in [4.69, 9.17) is 4.74 Å². The first-order chi connectivity index (χ1) is 10.1. The maximum absolute atomic E-state index is 12.4. The van der Waals surface area contributed by atoms with E-state index in [0.717, 1.165) is 36.1 Å². The van der Waals surface area contributed by atoms with Crippen LogP contribution in [0.1, 0.15) is 90.3 Å². The van der Waals surface area contributed by atoms with Crippen LogP contribution in [0.25, 0.3) is 0 Å². The van der Waals surface area contributed by atoms with Gasteiger partial charge in [0.05, 0.1) is 5.92 Å². The number of hydrogen-bond acceptors (Lipinski definition) is 2. The molecule has 2 nitrogen and oxygen atoms in total. The molecule has 22 heavy (non-hydrogen) atoms. The Morgan fingerprint density at radius 2 is 1.68 bits per heavy atom. The lowest BCUT2D eigenvalue weighted by atomic mass is 9.77. The van der Waals surface area contributed by atoms with Gasteiger partial charge in [-0.25, -0.2) is 0 Å². The minimum Gasteiger partial charge on any atom is -0.425 e. The Balaban J connectivity index is 2.60. The van der Waals surface area contributed by atoms with Crippen LogP contribution >= 0.6 is 0 Å². The Morgan fingerprint density at radius 3 is 2.18 bits per heavy atom. The third-order valence-corrected chi connectivity index (χ3v) is 4.50. The molecule has 1 heterocycles. The van der Waals surface area contributed by atoms with Crippen LogP contribution in [0.4, 0.5) is 0 Å². The van der Waals surface area contributed by atoms with E-state index >= 15 is 0 Å². The summed E-state index contributed by atoms with van der Waals surface area (Å²) in [7, 11) is 0. The van der Waals surface area contributed by atoms with Crippen LogP contribution in [0.5, 0.6) is 5.75 Å². The van der Waals surface area contributed by atoms with E-state index in [2.05, 4.69) is 60.6 Å². The number of esters is 1. The molecule has 0 aliphatic carbocycles. The summed E-state index contributed by atoms with van der Waals surface area (Å²) in [5.74, 6) is 0.671. The molecular weight excluding hydrogens is 272 g/mol. The lowest BCUT2D eigenvalue weighted by molar-refractivity contribution is -0.134. The molecule has 0 aromatic heterocycles. The fourth-order valence-corrected chi connectivity index (χ4v) is 2.99. The third kappa shape index (κ3) is 3.21. The molecule has 122 valence electrons. The van der Waals surface area contributed by atoms with E-state index in [1.807, 2.05) is 0 Å². The molecule has 1 atom stereocenters. The van der Waals surface area contributed by atoms with Gasteiger partial charge in [0.15, 0.2) is 0 Å². The van der Waals surface area contributed by atoms with Crippen molar-refractivity contribution >= 4 is 5.97 Å². The van der Waals surface area contributed by atoms with E-state index in [1.165, 1.54) is 5.56 Å². The SMILES string of the molecule is CCCCC1C(=O)Oc2c1cc(C(C)(C)C)cc2C(C)(C)C. The van der Waals surface area contributed by atoms with Crippen LogP contribution in [-0.4, -0.2) is 5.97 Å². The molecule has 2 rings (SSSR count). The van der Waals surface area contributed by atoms with Crippen molar-refractivity contribution in [1.82, 2.24) is 0 Å². The molecule has 1 unspecified atom stereocenters. The van der Waals surface area contributed by atoms with Gasteiger partial charge in [-0.2, -0.15) is 0 Å². The number of carbonyl (C=O) groups is 1. The van der Waals surface area contributed by atoms with Gasteiger partial charge in [0.25, 0.3) is 0 Å². The highest BCUT2D eigenvalue weighted by Gasteiger charge is 2.38. The molecule has 0 N–H and O–H groups in total. The van der Waals surface area contributed by atoms with Crippen LogP contribution in [0.2, 0.25) is 0 Å². The average molecular weight is 302 g/mol. The largest absolute Gasteiger partial charge is 0.425 e. The Morgan fingerprint density at radius 1 is 1.05 bits per heavy atom. The van der Waals surface area contributed by atoms with Gasteiger partial charge in [-0.15, -0.1) is 0 Å². The predicted molar refractivity (Wildman–Crippen MR) is 91.7 cm³/mol. The molecular formula is C20H30O2. The summed E-state index contributed by atoms with van der Waals surface area (Å²) in [5, 5.41) is 0. The van der Waals surface area contributed by atoms with Crippen molar-refractivity contribution in [3.63, 3.8) is 0 Å². The zero-order valence-corrected chi connectivity index (χ0v) is 15.2. The summed E-state index contributed by atoms with van der Waals surface area (Å²) in [5.41, 5.74) is 3.58. The first-order valence-corrected chi connectivity index (χ1v) is 8.46. The van der Waals surface area contributed by atoms with Gasteiger partial charge in [0, 0.05) is 11.1 Å². The maximum atomic E-state index is 12.4. The zero-order valence-electron chi connectivity index (χ0n) is 15.2. The van der Waals surface area contributed by atoms with E-state index in [9.17, 15) is 4.79 Å². The summed E-state index contributed by atoms with van der Waals surface area (Å²) in [6, 6.07) is 4.43. The highest BCUT2D eigenvalue weighted by atomic mass is 16.5. The molecule has 1 aromatic carbocycles. The van der Waals surface area contributed by atoms with Gasteiger partial charge >= 0.3 is 5.97 Å². The van der Waals surface area contributed by atoms with Crippen molar-refractivity contribution in [3.05, 3.63) is 28.8 Å². The number of hydrogen-bond donors (Lipinski definition) is 0. The molecule has 0 radical (unpaired) electrons. The molecule has 0 saturated heterocycles. The summed E-state index contributed by atoms with van der Waals surface area (Å²) < 4.78 is 5.70. The molecule has 0 amide bonds. The monoisotopic (exact) mass is 302 g/mol. The van der Waals surface area contributed by atoms with Crippen LogP contribution in [0, 0.1) is 0 Å². The van der Waals surface area contributed by atoms with Crippen LogP contribution in [0.3, 0.4) is 0 Å². The summed E-state index contributed by atoms with van der Waals surface area (Å²) in [6.07, 6.45) is 3.05. The Hall–Kier alpha value is -1.31. The maximum Gasteiger partial charge on any atom is 0.318 e. The second-order valence-corrected chi connectivity index (χ2v) is 8.56. The normalized spacial score (nSPS) is 18.3. The van der Waals surface area contributed by atoms with Gasteiger partial charge < -0.3 is 4.74 Å². The Bertz CT molecular complexity index is 571. The van der Waals surface area contributed by atoms with Gasteiger partial charge in [-0.05, 0) is 22.8 Å². The number of fused-ring (bicyclic) bond motifs is 1. The number of rotatable bonds is 3. The quantitative estimate of drug-likeness (QED) is 0.546. The van der Waals surface area contributed by atoms with Crippen molar-refractivity contribution in [3.8, 4) is 5.75 Å². The van der Waals surface area contributed by atoms with E-state index in [0.29, 0.717) is 0 Å². The number of carbonyl (C=O) groups excluding carboxylic acids is 1. The van der Waals surface area contributed by atoms with E-state index in [-0.39, 0.29) is 22.7 Å². The molecule has 0 bridgehead atoms. The number of ether oxygens (including phenoxy) is 1. The summed E-state index contributed by atoms with van der Waals surface area (Å²) >= 11 is 0. The highest BCUT2D eigenvalue weighted by molar-refractivity contribution is 5.87. The molecule has 0 saturated carbocycles. The molecule has 1 aliphatic rings. The fourth-order valence-electron chi connectivity index (χ4n) is 2.99. The zero-order chi connectivity index (χ0) is 16.7. The van der Waals surface area contributed by atoms with Crippen molar-refractivity contribution in [1.29, 1.82) is 0 Å². The van der Waals surface area contributed by atoms with E-state index in [1.54, 1.807) is 0 Å². The van der Waals surface area contributed by atoms with Gasteiger partial charge in [-0.3, -0.25) is 4.79 Å². The van der Waals surface area contributed by atoms with Gasteiger partial charge in [0.2, 0.25) is 0 Å².